The van der Waals surface area contributed by atoms with Crippen molar-refractivity contribution in [1.29, 1.82) is 5.26 Å². The summed E-state index contributed by atoms with van der Waals surface area (Å²) in [6, 6.07) is 15.6. The van der Waals surface area contributed by atoms with Gasteiger partial charge in [-0.25, -0.2) is 9.50 Å². The molecule has 5 aromatic rings. The minimum absolute atomic E-state index is 0.212. The van der Waals surface area contributed by atoms with E-state index in [4.69, 9.17) is 10.7 Å². The number of hydrogen-bond donors (Lipinski definition) is 1. The number of pyridine rings is 3. The van der Waals surface area contributed by atoms with Crippen molar-refractivity contribution >= 4 is 17.2 Å². The summed E-state index contributed by atoms with van der Waals surface area (Å²) >= 11 is 0. The predicted molar refractivity (Wildman–Crippen MR) is 144 cm³/mol. The van der Waals surface area contributed by atoms with Crippen molar-refractivity contribution in [3.63, 3.8) is 0 Å². The standard InChI is InChI=1S/C28H26N10/c1-35-13-20(12-33-35)19-8-24(27-25(10-29)28(30)34-38(27)14-19)18-5-6-26(32-11-18)36-16-22-9-23(17-36)37(22)15-21-4-2-3-7-31-21/h2-8,11-14,22-23H,9,15-17H2,1H3,(H2,30,34). The van der Waals surface area contributed by atoms with E-state index >= 15 is 0 Å². The maximum Gasteiger partial charge on any atom is 0.164 e. The van der Waals surface area contributed by atoms with Gasteiger partial charge in [-0.2, -0.15) is 10.4 Å². The second-order valence-corrected chi connectivity index (χ2v) is 10.1. The fourth-order valence-electron chi connectivity index (χ4n) is 5.80. The van der Waals surface area contributed by atoms with Crippen LogP contribution in [0.15, 0.2) is 67.4 Å². The molecule has 0 aliphatic carbocycles. The van der Waals surface area contributed by atoms with Crippen molar-refractivity contribution in [1.82, 2.24) is 34.3 Å². The number of nitrogens with zero attached hydrogens (tertiary/aromatic N) is 9. The highest BCUT2D eigenvalue weighted by atomic mass is 15.4. The molecule has 38 heavy (non-hydrogen) atoms. The summed E-state index contributed by atoms with van der Waals surface area (Å²) in [6.07, 6.45) is 10.6. The number of nitrogens with two attached hydrogens (primary N) is 1. The van der Waals surface area contributed by atoms with Gasteiger partial charge in [-0.05, 0) is 36.8 Å². The molecule has 3 fully saturated rings. The molecule has 8 rings (SSSR count). The molecular formula is C28H26N10. The van der Waals surface area contributed by atoms with E-state index in [0.717, 1.165) is 53.4 Å². The molecule has 2 bridgehead atoms. The van der Waals surface area contributed by atoms with Crippen LogP contribution < -0.4 is 10.6 Å². The number of nitrogen functional groups attached to an aromatic ring is 1. The van der Waals surface area contributed by atoms with Crippen molar-refractivity contribution in [2.45, 2.75) is 25.0 Å². The van der Waals surface area contributed by atoms with E-state index in [9.17, 15) is 5.26 Å². The second-order valence-electron chi connectivity index (χ2n) is 10.1. The molecule has 2 N–H and O–H groups in total. The summed E-state index contributed by atoms with van der Waals surface area (Å²) in [7, 11) is 1.88. The van der Waals surface area contributed by atoms with Gasteiger partial charge in [0.15, 0.2) is 5.82 Å². The second kappa shape index (κ2) is 8.68. The molecule has 3 aliphatic rings. The Kier molecular flexibility index (Phi) is 5.13. The molecule has 5 aromatic heterocycles. The summed E-state index contributed by atoms with van der Waals surface area (Å²) in [4.78, 5) is 14.3. The fraction of sp³-hybridized carbons (Fsp3) is 0.250. The number of anilines is 2. The van der Waals surface area contributed by atoms with Crippen LogP contribution in [0.25, 0.3) is 27.8 Å². The average Bonchev–Trinajstić information content (AvgIpc) is 3.53. The molecule has 188 valence electrons. The predicted octanol–water partition coefficient (Wildman–Crippen LogP) is 3.11. The van der Waals surface area contributed by atoms with Gasteiger partial charge in [0.2, 0.25) is 0 Å². The maximum absolute atomic E-state index is 9.80. The molecular weight excluding hydrogens is 476 g/mol. The van der Waals surface area contributed by atoms with Crippen molar-refractivity contribution in [3.8, 4) is 28.3 Å². The summed E-state index contributed by atoms with van der Waals surface area (Å²) < 4.78 is 3.45. The van der Waals surface area contributed by atoms with E-state index in [2.05, 4.69) is 55.3 Å². The van der Waals surface area contributed by atoms with E-state index in [1.54, 1.807) is 9.20 Å². The smallest absolute Gasteiger partial charge is 0.164 e. The first-order chi connectivity index (χ1) is 18.6. The van der Waals surface area contributed by atoms with E-state index in [-0.39, 0.29) is 5.82 Å². The minimum Gasteiger partial charge on any atom is -0.381 e. The van der Waals surface area contributed by atoms with Crippen molar-refractivity contribution in [2.75, 3.05) is 23.7 Å². The van der Waals surface area contributed by atoms with E-state index < -0.39 is 0 Å². The molecule has 0 radical (unpaired) electrons. The molecule has 0 saturated carbocycles. The van der Waals surface area contributed by atoms with E-state index in [1.165, 1.54) is 6.42 Å². The van der Waals surface area contributed by atoms with Crippen LogP contribution in [0.4, 0.5) is 11.6 Å². The lowest BCUT2D eigenvalue weighted by molar-refractivity contribution is -0.00967. The van der Waals surface area contributed by atoms with Crippen LogP contribution in [0.2, 0.25) is 0 Å². The third-order valence-corrected chi connectivity index (χ3v) is 7.70. The van der Waals surface area contributed by atoms with Crippen LogP contribution in [-0.4, -0.2) is 59.4 Å². The Hall–Kier alpha value is -4.75. The average molecular weight is 503 g/mol. The van der Waals surface area contributed by atoms with Crippen LogP contribution >= 0.6 is 0 Å². The van der Waals surface area contributed by atoms with Crippen LogP contribution in [0, 0.1) is 11.3 Å². The first-order valence-electron chi connectivity index (χ1n) is 12.7. The highest BCUT2D eigenvalue weighted by Crippen LogP contribution is 2.37. The highest BCUT2D eigenvalue weighted by molar-refractivity contribution is 5.90. The van der Waals surface area contributed by atoms with Crippen LogP contribution in [0.3, 0.4) is 0 Å². The molecule has 2 unspecified atom stereocenters. The number of fused-ring (bicyclic) bond motifs is 3. The van der Waals surface area contributed by atoms with Crippen LogP contribution in [0.1, 0.15) is 17.7 Å². The number of piperazine rings is 1. The van der Waals surface area contributed by atoms with Crippen molar-refractivity contribution in [2.24, 2.45) is 7.05 Å². The normalized spacial score (nSPS) is 18.9. The van der Waals surface area contributed by atoms with Gasteiger partial charge < -0.3 is 10.6 Å². The lowest BCUT2D eigenvalue weighted by atomic mass is 9.87. The van der Waals surface area contributed by atoms with Crippen LogP contribution in [0.5, 0.6) is 0 Å². The van der Waals surface area contributed by atoms with Gasteiger partial charge in [0.25, 0.3) is 0 Å². The number of hydrogen-bond acceptors (Lipinski definition) is 8. The van der Waals surface area contributed by atoms with Gasteiger partial charge in [-0.15, -0.1) is 5.10 Å². The Morgan fingerprint density at radius 3 is 2.58 bits per heavy atom. The van der Waals surface area contributed by atoms with Gasteiger partial charge in [0.05, 0.1) is 17.4 Å². The third kappa shape index (κ3) is 3.67. The molecule has 0 aromatic carbocycles. The summed E-state index contributed by atoms with van der Waals surface area (Å²) in [5.41, 5.74) is 11.9. The van der Waals surface area contributed by atoms with E-state index in [1.807, 2.05) is 50.2 Å². The molecule has 10 heteroatoms. The number of aromatic nitrogens is 6. The molecule has 0 amide bonds. The fourth-order valence-corrected chi connectivity index (χ4v) is 5.80. The lowest BCUT2D eigenvalue weighted by Crippen LogP contribution is -2.68. The number of aryl methyl sites for hydroxylation is 1. The first-order valence-corrected chi connectivity index (χ1v) is 12.7. The maximum atomic E-state index is 9.80. The minimum atomic E-state index is 0.212. The Bertz CT molecular complexity index is 1670. The Labute approximate surface area is 219 Å². The third-order valence-electron chi connectivity index (χ3n) is 7.70. The lowest BCUT2D eigenvalue weighted by Gasteiger charge is -2.56. The summed E-state index contributed by atoms with van der Waals surface area (Å²) in [5.74, 6) is 1.18. The topological polar surface area (TPSA) is 117 Å². The number of nitriles is 1. The molecule has 0 spiro atoms. The van der Waals surface area contributed by atoms with Gasteiger partial charge >= 0.3 is 0 Å². The Balaban J connectivity index is 1.18. The van der Waals surface area contributed by atoms with Crippen molar-refractivity contribution in [3.05, 3.63) is 78.6 Å². The first kappa shape index (κ1) is 22.4. The molecule has 2 atom stereocenters. The largest absolute Gasteiger partial charge is 0.381 e. The van der Waals surface area contributed by atoms with E-state index in [0.29, 0.717) is 23.2 Å². The number of piperidine rings is 1. The summed E-state index contributed by atoms with van der Waals surface area (Å²) in [5, 5.41) is 18.5. The molecule has 10 nitrogen and oxygen atoms in total. The Morgan fingerprint density at radius 1 is 1.03 bits per heavy atom. The monoisotopic (exact) mass is 502 g/mol. The molecule has 3 saturated heterocycles. The van der Waals surface area contributed by atoms with Gasteiger partial charge in [-0.3, -0.25) is 14.6 Å². The quantitative estimate of drug-likeness (QED) is 0.390. The summed E-state index contributed by atoms with van der Waals surface area (Å²) in [6.45, 7) is 2.80. The highest BCUT2D eigenvalue weighted by Gasteiger charge is 2.44. The van der Waals surface area contributed by atoms with Gasteiger partial charge in [-0.1, -0.05) is 6.07 Å². The SMILES string of the molecule is Cn1cc(-c2cc(-c3ccc(N4CC5CC(C4)N5Cc4ccccn4)nc3)c3c(C#N)c(N)nn3c2)cn1. The molecule has 8 heterocycles. The van der Waals surface area contributed by atoms with Gasteiger partial charge in [0, 0.05) is 85.8 Å². The van der Waals surface area contributed by atoms with Gasteiger partial charge in [0.1, 0.15) is 17.5 Å². The zero-order valence-corrected chi connectivity index (χ0v) is 20.9. The van der Waals surface area contributed by atoms with Crippen molar-refractivity contribution < 1.29 is 0 Å². The zero-order valence-electron chi connectivity index (χ0n) is 20.9. The van der Waals surface area contributed by atoms with Crippen LogP contribution in [-0.2, 0) is 13.6 Å². The molecule has 3 aliphatic heterocycles. The Morgan fingerprint density at radius 2 is 1.89 bits per heavy atom. The number of rotatable bonds is 5. The zero-order chi connectivity index (χ0) is 25.8.